The number of carboxylic acids is 1. The van der Waals surface area contributed by atoms with Gasteiger partial charge in [0.15, 0.2) is 0 Å². The molecule has 0 spiro atoms. The summed E-state index contributed by atoms with van der Waals surface area (Å²) < 4.78 is 0. The molecular weight excluding hydrogens is 304 g/mol. The van der Waals surface area contributed by atoms with Crippen LogP contribution < -0.4 is 0 Å². The third-order valence-electron chi connectivity index (χ3n) is 3.72. The lowest BCUT2D eigenvalue weighted by molar-refractivity contribution is -0.137. The van der Waals surface area contributed by atoms with E-state index in [4.69, 9.17) is 5.11 Å². The Morgan fingerprint density at radius 2 is 1.75 bits per heavy atom. The van der Waals surface area contributed by atoms with Crippen LogP contribution in [0.2, 0.25) is 0 Å². The number of carbonyl (C=O) groups is 1. The maximum Gasteiger partial charge on any atom is 0.303 e. The van der Waals surface area contributed by atoms with Crippen LogP contribution in [0.1, 0.15) is 71.1 Å². The van der Waals surface area contributed by atoms with E-state index in [2.05, 4.69) is 19.1 Å². The van der Waals surface area contributed by atoms with Gasteiger partial charge < -0.3 is 15.3 Å². The normalized spacial score (nSPS) is 14.8. The Hall–Kier alpha value is -1.39. The molecule has 0 saturated carbocycles. The summed E-state index contributed by atoms with van der Waals surface area (Å²) >= 11 is 0. The Bertz CT molecular complexity index is 385. The predicted octanol–water partition coefficient (Wildman–Crippen LogP) is 4.38. The number of rotatable bonds is 15. The predicted molar refractivity (Wildman–Crippen MR) is 98.9 cm³/mol. The summed E-state index contributed by atoms with van der Waals surface area (Å²) in [5.41, 5.74) is 0. The monoisotopic (exact) mass is 338 g/mol. The van der Waals surface area contributed by atoms with Gasteiger partial charge in [0.25, 0.3) is 0 Å². The quantitative estimate of drug-likeness (QED) is 0.235. The van der Waals surface area contributed by atoms with Gasteiger partial charge in [-0.2, -0.15) is 0 Å². The number of carboxylic acid groups (broad SMARTS) is 1. The summed E-state index contributed by atoms with van der Waals surface area (Å²) in [6.45, 7) is 2.16. The fourth-order valence-corrected chi connectivity index (χ4v) is 2.26. The number of hydrogen-bond donors (Lipinski definition) is 3. The number of allylic oxidation sites excluding steroid dienone is 5. The van der Waals surface area contributed by atoms with Crippen molar-refractivity contribution in [2.24, 2.45) is 0 Å². The summed E-state index contributed by atoms with van der Waals surface area (Å²) in [5, 5.41) is 27.9. The maximum absolute atomic E-state index is 10.4. The van der Waals surface area contributed by atoms with Crippen molar-refractivity contribution in [2.75, 3.05) is 0 Å². The molecule has 0 aromatic heterocycles. The standard InChI is InChI=1S/C20H34O4/c1-2-3-9-13-18(21)14-10-7-5-4-6-8-11-15-19(22)16-12-17-20(23)24/h5-8,11,15,18-19,21-22H,2-4,9-10,12-14,16-17H2,1H3,(H,23,24)/b7-5-,8-6-,15-11+/t18?,19-/m1/s1. The lowest BCUT2D eigenvalue weighted by Crippen LogP contribution is -2.05. The molecule has 0 radical (unpaired) electrons. The highest BCUT2D eigenvalue weighted by Crippen LogP contribution is 2.08. The first kappa shape index (κ1) is 22.6. The molecule has 0 aromatic rings. The molecule has 4 heteroatoms. The molecule has 0 aliphatic carbocycles. The third-order valence-corrected chi connectivity index (χ3v) is 3.72. The van der Waals surface area contributed by atoms with E-state index in [0.29, 0.717) is 12.8 Å². The molecule has 138 valence electrons. The van der Waals surface area contributed by atoms with Crippen molar-refractivity contribution in [3.63, 3.8) is 0 Å². The number of aliphatic carboxylic acids is 1. The van der Waals surface area contributed by atoms with Gasteiger partial charge in [-0.3, -0.25) is 4.79 Å². The van der Waals surface area contributed by atoms with Gasteiger partial charge in [0.1, 0.15) is 0 Å². The molecule has 0 aliphatic heterocycles. The fraction of sp³-hybridized carbons (Fsp3) is 0.650. The van der Waals surface area contributed by atoms with Crippen LogP contribution >= 0.6 is 0 Å². The van der Waals surface area contributed by atoms with Crippen LogP contribution in [0.15, 0.2) is 36.5 Å². The van der Waals surface area contributed by atoms with Gasteiger partial charge in [-0.25, -0.2) is 0 Å². The molecule has 0 amide bonds. The molecule has 0 rings (SSSR count). The van der Waals surface area contributed by atoms with E-state index in [9.17, 15) is 15.0 Å². The summed E-state index contributed by atoms with van der Waals surface area (Å²) in [5.74, 6) is -0.827. The molecule has 0 aromatic carbocycles. The van der Waals surface area contributed by atoms with Crippen molar-refractivity contribution in [1.29, 1.82) is 0 Å². The highest BCUT2D eigenvalue weighted by Gasteiger charge is 2.02. The van der Waals surface area contributed by atoms with Gasteiger partial charge in [0.2, 0.25) is 0 Å². The fourth-order valence-electron chi connectivity index (χ4n) is 2.26. The van der Waals surface area contributed by atoms with Gasteiger partial charge >= 0.3 is 5.97 Å². The van der Waals surface area contributed by atoms with E-state index in [0.717, 1.165) is 32.1 Å². The van der Waals surface area contributed by atoms with Gasteiger partial charge in [0.05, 0.1) is 12.2 Å². The van der Waals surface area contributed by atoms with Gasteiger partial charge in [-0.15, -0.1) is 0 Å². The van der Waals surface area contributed by atoms with Crippen molar-refractivity contribution >= 4 is 5.97 Å². The second kappa shape index (κ2) is 16.5. The summed E-state index contributed by atoms with van der Waals surface area (Å²) in [6, 6.07) is 0. The molecule has 0 bridgehead atoms. The van der Waals surface area contributed by atoms with E-state index in [1.807, 2.05) is 12.2 Å². The zero-order valence-electron chi connectivity index (χ0n) is 14.9. The van der Waals surface area contributed by atoms with Crippen molar-refractivity contribution in [2.45, 2.75) is 83.3 Å². The number of unbranched alkanes of at least 4 members (excludes halogenated alkanes) is 2. The average Bonchev–Trinajstić information content (AvgIpc) is 2.53. The third kappa shape index (κ3) is 17.0. The number of aliphatic hydroxyl groups is 2. The van der Waals surface area contributed by atoms with E-state index in [1.54, 1.807) is 12.2 Å². The summed E-state index contributed by atoms with van der Waals surface area (Å²) in [4.78, 5) is 10.4. The van der Waals surface area contributed by atoms with Crippen LogP contribution in [0, 0.1) is 0 Å². The van der Waals surface area contributed by atoms with Crippen molar-refractivity contribution in [1.82, 2.24) is 0 Å². The Balaban J connectivity index is 3.62. The Morgan fingerprint density at radius 3 is 2.46 bits per heavy atom. The zero-order valence-corrected chi connectivity index (χ0v) is 14.9. The topological polar surface area (TPSA) is 77.8 Å². The van der Waals surface area contributed by atoms with Crippen molar-refractivity contribution in [3.05, 3.63) is 36.5 Å². The van der Waals surface area contributed by atoms with Gasteiger partial charge in [-0.05, 0) is 38.5 Å². The molecule has 0 fully saturated rings. The van der Waals surface area contributed by atoms with E-state index < -0.39 is 12.1 Å². The van der Waals surface area contributed by atoms with Crippen LogP contribution in [-0.4, -0.2) is 33.5 Å². The minimum atomic E-state index is -0.827. The first-order chi connectivity index (χ1) is 11.6. The second-order valence-corrected chi connectivity index (χ2v) is 6.10. The number of aliphatic hydroxyl groups excluding tert-OH is 2. The van der Waals surface area contributed by atoms with Crippen LogP contribution in [0.3, 0.4) is 0 Å². The van der Waals surface area contributed by atoms with Crippen LogP contribution in [0.25, 0.3) is 0 Å². The first-order valence-corrected chi connectivity index (χ1v) is 9.12. The van der Waals surface area contributed by atoms with Crippen molar-refractivity contribution < 1.29 is 20.1 Å². The van der Waals surface area contributed by atoms with E-state index in [1.165, 1.54) is 12.8 Å². The molecule has 0 heterocycles. The molecule has 0 saturated heterocycles. The van der Waals surface area contributed by atoms with E-state index in [-0.39, 0.29) is 12.5 Å². The second-order valence-electron chi connectivity index (χ2n) is 6.10. The smallest absolute Gasteiger partial charge is 0.303 e. The van der Waals surface area contributed by atoms with Crippen LogP contribution in [0.4, 0.5) is 0 Å². The van der Waals surface area contributed by atoms with Gasteiger partial charge in [0, 0.05) is 6.42 Å². The maximum atomic E-state index is 10.4. The Labute approximate surface area is 146 Å². The summed E-state index contributed by atoms with van der Waals surface area (Å²) in [7, 11) is 0. The Kier molecular flexibility index (Phi) is 15.5. The molecular formula is C20H34O4. The molecule has 2 atom stereocenters. The SMILES string of the molecule is CCCCCC(O)CC/C=C\C/C=C\C=C\[C@@H](O)CCCC(=O)O. The van der Waals surface area contributed by atoms with Gasteiger partial charge in [-0.1, -0.05) is 62.6 Å². The molecule has 4 nitrogen and oxygen atoms in total. The minimum Gasteiger partial charge on any atom is -0.481 e. The molecule has 3 N–H and O–H groups in total. The molecule has 1 unspecified atom stereocenters. The minimum absolute atomic E-state index is 0.0961. The molecule has 24 heavy (non-hydrogen) atoms. The lowest BCUT2D eigenvalue weighted by Gasteiger charge is -2.07. The number of hydrogen-bond acceptors (Lipinski definition) is 3. The lowest BCUT2D eigenvalue weighted by atomic mass is 10.1. The Morgan fingerprint density at radius 1 is 0.958 bits per heavy atom. The average molecular weight is 338 g/mol. The molecule has 0 aliphatic rings. The zero-order chi connectivity index (χ0) is 18.0. The van der Waals surface area contributed by atoms with Crippen LogP contribution in [0.5, 0.6) is 0 Å². The highest BCUT2D eigenvalue weighted by atomic mass is 16.4. The van der Waals surface area contributed by atoms with Crippen LogP contribution in [-0.2, 0) is 4.79 Å². The van der Waals surface area contributed by atoms with E-state index >= 15 is 0 Å². The highest BCUT2D eigenvalue weighted by molar-refractivity contribution is 5.66. The first-order valence-electron chi connectivity index (χ1n) is 9.12. The van der Waals surface area contributed by atoms with Crippen molar-refractivity contribution in [3.8, 4) is 0 Å². The summed E-state index contributed by atoms with van der Waals surface area (Å²) in [6.07, 6.45) is 18.7. The largest absolute Gasteiger partial charge is 0.481 e.